The summed E-state index contributed by atoms with van der Waals surface area (Å²) in [5.41, 5.74) is 0.0344. The van der Waals surface area contributed by atoms with Gasteiger partial charge in [-0.05, 0) is 29.8 Å². The number of fused-ring (bicyclic) bond motifs is 1. The van der Waals surface area contributed by atoms with Crippen molar-refractivity contribution in [1.82, 2.24) is 18.7 Å². The van der Waals surface area contributed by atoms with E-state index in [-0.39, 0.29) is 29.4 Å². The van der Waals surface area contributed by atoms with Gasteiger partial charge in [-0.3, -0.25) is 28.6 Å². The van der Waals surface area contributed by atoms with Crippen LogP contribution in [0.5, 0.6) is 11.8 Å². The minimum Gasteiger partial charge on any atom is -0.465 e. The second-order valence-electron chi connectivity index (χ2n) is 7.40. The molecule has 2 aromatic heterocycles. The number of methoxy groups -OCH3 is 1. The van der Waals surface area contributed by atoms with Crippen molar-refractivity contribution in [3.8, 4) is 11.8 Å². The summed E-state index contributed by atoms with van der Waals surface area (Å²) in [6.45, 7) is 0.0948. The molecule has 12 nitrogen and oxygen atoms in total. The molecule has 0 radical (unpaired) electrons. The van der Waals surface area contributed by atoms with Crippen LogP contribution in [0.15, 0.2) is 58.1 Å². The SMILES string of the molecule is COC(=O)c1ccc(Oc2nc3c(c(=O)n(C)c(=O)n3C)n2Cc2ccc([N+](=O)[O-])cc2)cc1. The lowest BCUT2D eigenvalue weighted by Gasteiger charge is -2.10. The molecule has 2 aromatic carbocycles. The Morgan fingerprint density at radius 2 is 1.68 bits per heavy atom. The fourth-order valence-corrected chi connectivity index (χ4v) is 3.44. The maximum Gasteiger partial charge on any atom is 0.337 e. The summed E-state index contributed by atoms with van der Waals surface area (Å²) in [4.78, 5) is 51.9. The van der Waals surface area contributed by atoms with E-state index in [0.29, 0.717) is 16.9 Å². The Balaban J connectivity index is 1.83. The zero-order valence-electron chi connectivity index (χ0n) is 18.4. The summed E-state index contributed by atoms with van der Waals surface area (Å²) in [6, 6.07) is 12.0. The molecular weight excluding hydrogens is 446 g/mol. The molecule has 0 atom stereocenters. The summed E-state index contributed by atoms with van der Waals surface area (Å²) in [7, 11) is 4.12. The Hall–Kier alpha value is -4.74. The predicted octanol–water partition coefficient (Wildman–Crippen LogP) is 1.97. The standard InChI is InChI=1S/C22H19N5O7/c1-24-18-17(19(28)25(2)22(24)30)26(12-13-4-8-15(9-5-13)27(31)32)21(23-18)34-16-10-6-14(7-11-16)20(29)33-3/h4-11H,12H2,1-3H3. The van der Waals surface area contributed by atoms with Crippen LogP contribution in [0.2, 0.25) is 0 Å². The predicted molar refractivity (Wildman–Crippen MR) is 120 cm³/mol. The number of aromatic nitrogens is 4. The Bertz CT molecular complexity index is 1530. The van der Waals surface area contributed by atoms with E-state index in [9.17, 15) is 24.5 Å². The first-order valence-corrected chi connectivity index (χ1v) is 9.97. The number of hydrogen-bond donors (Lipinski definition) is 0. The van der Waals surface area contributed by atoms with Gasteiger partial charge >= 0.3 is 17.7 Å². The highest BCUT2D eigenvalue weighted by Crippen LogP contribution is 2.26. The number of benzene rings is 2. The molecule has 0 N–H and O–H groups in total. The molecule has 0 aliphatic carbocycles. The van der Waals surface area contributed by atoms with E-state index in [1.165, 1.54) is 54.6 Å². The Kier molecular flexibility index (Phi) is 5.72. The van der Waals surface area contributed by atoms with E-state index in [2.05, 4.69) is 9.72 Å². The van der Waals surface area contributed by atoms with Crippen molar-refractivity contribution in [3.63, 3.8) is 0 Å². The van der Waals surface area contributed by atoms with Crippen molar-refractivity contribution >= 4 is 22.8 Å². The third-order valence-electron chi connectivity index (χ3n) is 5.29. The molecule has 0 bridgehead atoms. The van der Waals surface area contributed by atoms with E-state index in [0.717, 1.165) is 4.57 Å². The number of aryl methyl sites for hydroxylation is 1. The fraction of sp³-hybridized carbons (Fsp3) is 0.182. The zero-order chi connectivity index (χ0) is 24.6. The summed E-state index contributed by atoms with van der Waals surface area (Å²) in [5.74, 6) is -0.176. The number of nitrogens with zero attached hydrogens (tertiary/aromatic N) is 5. The average Bonchev–Trinajstić information content (AvgIpc) is 3.19. The van der Waals surface area contributed by atoms with Crippen molar-refractivity contribution in [3.05, 3.63) is 90.6 Å². The number of rotatable bonds is 6. The first-order chi connectivity index (χ1) is 16.2. The number of carbonyl (C=O) groups excluding carboxylic acids is 1. The molecule has 4 aromatic rings. The Labute approximate surface area is 191 Å². The van der Waals surface area contributed by atoms with Crippen LogP contribution in [0.25, 0.3) is 11.2 Å². The van der Waals surface area contributed by atoms with Gasteiger partial charge < -0.3 is 9.47 Å². The van der Waals surface area contributed by atoms with Gasteiger partial charge in [0.2, 0.25) is 0 Å². The van der Waals surface area contributed by atoms with E-state index >= 15 is 0 Å². The fourth-order valence-electron chi connectivity index (χ4n) is 3.44. The third kappa shape index (κ3) is 3.92. The molecule has 0 spiro atoms. The number of imidazole rings is 1. The van der Waals surface area contributed by atoms with Crippen LogP contribution in [-0.4, -0.2) is 36.7 Å². The van der Waals surface area contributed by atoms with Crippen LogP contribution in [0.1, 0.15) is 15.9 Å². The van der Waals surface area contributed by atoms with Crippen LogP contribution < -0.4 is 16.0 Å². The Morgan fingerprint density at radius 3 is 2.26 bits per heavy atom. The van der Waals surface area contributed by atoms with Gasteiger partial charge in [0.05, 0.1) is 24.1 Å². The molecule has 0 saturated heterocycles. The van der Waals surface area contributed by atoms with Gasteiger partial charge in [-0.15, -0.1) is 0 Å². The van der Waals surface area contributed by atoms with E-state index in [1.807, 2.05) is 0 Å². The molecule has 12 heteroatoms. The van der Waals surface area contributed by atoms with Gasteiger partial charge in [0, 0.05) is 26.2 Å². The molecule has 0 aliphatic rings. The van der Waals surface area contributed by atoms with Crippen molar-refractivity contribution in [2.75, 3.05) is 7.11 Å². The summed E-state index contributed by atoms with van der Waals surface area (Å²) in [6.07, 6.45) is 0. The van der Waals surface area contributed by atoms with E-state index < -0.39 is 22.1 Å². The lowest BCUT2D eigenvalue weighted by molar-refractivity contribution is -0.384. The third-order valence-corrected chi connectivity index (χ3v) is 5.29. The second kappa shape index (κ2) is 8.65. The number of non-ortho nitro benzene ring substituents is 1. The van der Waals surface area contributed by atoms with Gasteiger partial charge in [-0.1, -0.05) is 12.1 Å². The molecule has 4 rings (SSSR count). The minimum absolute atomic E-state index is 0.0254. The Morgan fingerprint density at radius 1 is 1.03 bits per heavy atom. The number of ether oxygens (including phenoxy) is 2. The number of hydrogen-bond acceptors (Lipinski definition) is 8. The number of nitro groups is 1. The van der Waals surface area contributed by atoms with Crippen LogP contribution in [0.4, 0.5) is 5.69 Å². The van der Waals surface area contributed by atoms with Gasteiger partial charge in [0.15, 0.2) is 11.2 Å². The van der Waals surface area contributed by atoms with Crippen molar-refractivity contribution in [1.29, 1.82) is 0 Å². The van der Waals surface area contributed by atoms with E-state index in [4.69, 9.17) is 4.74 Å². The highest BCUT2D eigenvalue weighted by Gasteiger charge is 2.21. The summed E-state index contributed by atoms with van der Waals surface area (Å²) < 4.78 is 14.3. The van der Waals surface area contributed by atoms with E-state index in [1.54, 1.807) is 24.3 Å². The molecule has 0 saturated carbocycles. The average molecular weight is 465 g/mol. The maximum absolute atomic E-state index is 13.0. The topological polar surface area (TPSA) is 140 Å². The lowest BCUT2D eigenvalue weighted by atomic mass is 10.2. The highest BCUT2D eigenvalue weighted by molar-refractivity contribution is 5.89. The number of esters is 1. The second-order valence-corrected chi connectivity index (χ2v) is 7.40. The van der Waals surface area contributed by atoms with Crippen molar-refractivity contribution < 1.29 is 19.2 Å². The van der Waals surface area contributed by atoms with Gasteiger partial charge in [-0.2, -0.15) is 4.98 Å². The maximum atomic E-state index is 13.0. The number of nitro benzene ring substituents is 1. The molecule has 34 heavy (non-hydrogen) atoms. The largest absolute Gasteiger partial charge is 0.465 e. The van der Waals surface area contributed by atoms with Crippen LogP contribution in [0, 0.1) is 10.1 Å². The highest BCUT2D eigenvalue weighted by atomic mass is 16.6. The molecular formula is C22H19N5O7. The first-order valence-electron chi connectivity index (χ1n) is 9.97. The van der Waals surface area contributed by atoms with Crippen LogP contribution in [-0.2, 0) is 25.4 Å². The molecule has 174 valence electrons. The van der Waals surface area contributed by atoms with Gasteiger partial charge in [0.25, 0.3) is 11.2 Å². The first kappa shape index (κ1) is 22.5. The molecule has 0 fully saturated rings. The summed E-state index contributed by atoms with van der Waals surface area (Å²) in [5, 5.41) is 11.0. The minimum atomic E-state index is -0.566. The quantitative estimate of drug-likeness (QED) is 0.239. The smallest absolute Gasteiger partial charge is 0.337 e. The van der Waals surface area contributed by atoms with Crippen LogP contribution >= 0.6 is 0 Å². The normalized spacial score (nSPS) is 10.9. The summed E-state index contributed by atoms with van der Waals surface area (Å²) >= 11 is 0. The monoisotopic (exact) mass is 465 g/mol. The molecule has 0 aliphatic heterocycles. The van der Waals surface area contributed by atoms with Gasteiger partial charge in [-0.25, -0.2) is 9.59 Å². The number of carbonyl (C=O) groups is 1. The van der Waals surface area contributed by atoms with Gasteiger partial charge in [0.1, 0.15) is 5.75 Å². The lowest BCUT2D eigenvalue weighted by Crippen LogP contribution is -2.37. The zero-order valence-corrected chi connectivity index (χ0v) is 18.4. The van der Waals surface area contributed by atoms with Crippen molar-refractivity contribution in [2.45, 2.75) is 6.54 Å². The molecule has 2 heterocycles. The molecule has 0 unspecified atom stereocenters. The molecule has 0 amide bonds. The van der Waals surface area contributed by atoms with Crippen molar-refractivity contribution in [2.24, 2.45) is 14.1 Å². The van der Waals surface area contributed by atoms with Crippen LogP contribution in [0.3, 0.4) is 0 Å².